The van der Waals surface area contributed by atoms with Crippen LogP contribution in [0.1, 0.15) is 30.9 Å². The van der Waals surface area contributed by atoms with E-state index >= 15 is 0 Å². The molecule has 0 aliphatic rings. The molecule has 148 valence electrons. The van der Waals surface area contributed by atoms with Crippen LogP contribution in [-0.2, 0) is 23.0 Å². The normalized spacial score (nSPS) is 11.5. The zero-order valence-electron chi connectivity index (χ0n) is 15.3. The third kappa shape index (κ3) is 5.08. The van der Waals surface area contributed by atoms with Gasteiger partial charge in [0.1, 0.15) is 12.1 Å². The van der Waals surface area contributed by atoms with Gasteiger partial charge in [-0.2, -0.15) is 4.98 Å². The average Bonchev–Trinajstić information content (AvgIpc) is 3.09. The van der Waals surface area contributed by atoms with Crippen molar-refractivity contribution < 1.29 is 12.8 Å². The van der Waals surface area contributed by atoms with Crippen LogP contribution >= 0.6 is 11.6 Å². The predicted octanol–water partition coefficient (Wildman–Crippen LogP) is 4.26. The number of unbranched alkanes of at least 4 members (excludes halogenated alkanes) is 1. The summed E-state index contributed by atoms with van der Waals surface area (Å²) in [4.78, 5) is 4.12. The van der Waals surface area contributed by atoms with E-state index in [1.54, 1.807) is 18.2 Å². The fourth-order valence-electron chi connectivity index (χ4n) is 2.64. The van der Waals surface area contributed by atoms with E-state index in [1.807, 2.05) is 12.1 Å². The molecule has 0 atom stereocenters. The molecule has 1 heterocycles. The monoisotopic (exact) mass is 422 g/mol. The number of aromatic nitrogens is 3. The highest BCUT2D eigenvalue weighted by molar-refractivity contribution is 7.92. The van der Waals surface area contributed by atoms with Gasteiger partial charge in [0.25, 0.3) is 16.0 Å². The number of anilines is 1. The number of benzene rings is 2. The van der Waals surface area contributed by atoms with Gasteiger partial charge in [-0.05, 0) is 48.2 Å². The minimum atomic E-state index is -3.79. The van der Waals surface area contributed by atoms with E-state index < -0.39 is 15.8 Å². The Kier molecular flexibility index (Phi) is 6.31. The highest BCUT2D eigenvalue weighted by Gasteiger charge is 2.16. The highest BCUT2D eigenvalue weighted by atomic mass is 35.5. The number of halogens is 2. The van der Waals surface area contributed by atoms with Crippen molar-refractivity contribution in [3.05, 3.63) is 70.8 Å². The molecule has 0 saturated carbocycles. The van der Waals surface area contributed by atoms with Crippen molar-refractivity contribution in [3.8, 4) is 0 Å². The van der Waals surface area contributed by atoms with Crippen LogP contribution in [-0.4, -0.2) is 23.2 Å². The van der Waals surface area contributed by atoms with Gasteiger partial charge in [0.05, 0.1) is 11.4 Å². The smallest absolute Gasteiger partial charge is 0.246 e. The Morgan fingerprint density at radius 1 is 1.18 bits per heavy atom. The Bertz CT molecular complexity index is 1050. The van der Waals surface area contributed by atoms with Crippen LogP contribution < -0.4 is 4.72 Å². The first-order valence-corrected chi connectivity index (χ1v) is 10.7. The lowest BCUT2D eigenvalue weighted by atomic mass is 10.1. The first kappa shape index (κ1) is 20.3. The van der Waals surface area contributed by atoms with E-state index in [4.69, 9.17) is 11.6 Å². The van der Waals surface area contributed by atoms with Crippen molar-refractivity contribution in [3.63, 3.8) is 0 Å². The van der Waals surface area contributed by atoms with Crippen LogP contribution in [0.25, 0.3) is 0 Å². The molecule has 6 nitrogen and oxygen atoms in total. The van der Waals surface area contributed by atoms with Gasteiger partial charge in [-0.3, -0.25) is 0 Å². The summed E-state index contributed by atoms with van der Waals surface area (Å²) in [7, 11) is -3.79. The van der Waals surface area contributed by atoms with E-state index in [-0.39, 0.29) is 22.4 Å². The van der Waals surface area contributed by atoms with Gasteiger partial charge in [-0.25, -0.2) is 22.2 Å². The fraction of sp³-hybridized carbons (Fsp3) is 0.263. The molecule has 0 unspecified atom stereocenters. The molecule has 0 spiro atoms. The molecular formula is C19H20ClFN4O2S. The molecule has 3 aromatic rings. The number of rotatable bonds is 8. The summed E-state index contributed by atoms with van der Waals surface area (Å²) in [6.45, 7) is 2.35. The third-order valence-corrected chi connectivity index (χ3v) is 5.86. The van der Waals surface area contributed by atoms with Crippen LogP contribution in [0.4, 0.5) is 10.3 Å². The minimum Gasteiger partial charge on any atom is -0.246 e. The second-order valence-corrected chi connectivity index (χ2v) is 8.44. The zero-order chi connectivity index (χ0) is 20.1. The third-order valence-electron chi connectivity index (χ3n) is 4.16. The maximum atomic E-state index is 13.1. The second-order valence-electron chi connectivity index (χ2n) is 6.35. The lowest BCUT2D eigenvalue weighted by molar-refractivity contribution is 0.600. The number of hydrogen-bond donors (Lipinski definition) is 1. The lowest BCUT2D eigenvalue weighted by Crippen LogP contribution is -2.14. The van der Waals surface area contributed by atoms with Crippen LogP contribution in [0, 0.1) is 5.82 Å². The summed E-state index contributed by atoms with van der Waals surface area (Å²) in [6.07, 6.45) is 4.44. The molecule has 28 heavy (non-hydrogen) atoms. The Balaban J connectivity index is 1.69. The largest absolute Gasteiger partial charge is 0.264 e. The van der Waals surface area contributed by atoms with Gasteiger partial charge < -0.3 is 0 Å². The molecule has 0 aliphatic carbocycles. The summed E-state index contributed by atoms with van der Waals surface area (Å²) in [5, 5.41) is 4.37. The number of nitrogens with zero attached hydrogens (tertiary/aromatic N) is 3. The van der Waals surface area contributed by atoms with Crippen LogP contribution in [0.15, 0.2) is 53.7 Å². The fourth-order valence-corrected chi connectivity index (χ4v) is 3.81. The molecule has 1 N–H and O–H groups in total. The minimum absolute atomic E-state index is 0.0479. The summed E-state index contributed by atoms with van der Waals surface area (Å²) in [5.41, 5.74) is 1.74. The number of sulfonamides is 1. The predicted molar refractivity (Wildman–Crippen MR) is 106 cm³/mol. The number of aryl methyl sites for hydroxylation is 1. The van der Waals surface area contributed by atoms with Crippen LogP contribution in [0.3, 0.4) is 0 Å². The molecule has 1 aromatic heterocycles. The first-order chi connectivity index (χ1) is 13.4. The van der Waals surface area contributed by atoms with Crippen molar-refractivity contribution in [2.45, 2.75) is 37.6 Å². The molecule has 0 saturated heterocycles. The Hall–Kier alpha value is -2.45. The van der Waals surface area contributed by atoms with E-state index in [2.05, 4.69) is 21.7 Å². The van der Waals surface area contributed by atoms with Gasteiger partial charge in [-0.15, -0.1) is 5.10 Å². The maximum Gasteiger partial charge on any atom is 0.264 e. The van der Waals surface area contributed by atoms with Crippen molar-refractivity contribution in [1.29, 1.82) is 0 Å². The van der Waals surface area contributed by atoms with Gasteiger partial charge in [0, 0.05) is 5.02 Å². The van der Waals surface area contributed by atoms with Crippen molar-refractivity contribution >= 4 is 27.6 Å². The van der Waals surface area contributed by atoms with Crippen molar-refractivity contribution in [1.82, 2.24) is 14.8 Å². The summed E-state index contributed by atoms with van der Waals surface area (Å²) >= 11 is 6.00. The molecule has 0 bridgehead atoms. The molecule has 2 aromatic carbocycles. The van der Waals surface area contributed by atoms with Crippen molar-refractivity contribution in [2.24, 2.45) is 0 Å². The van der Waals surface area contributed by atoms with E-state index in [0.29, 0.717) is 5.56 Å². The summed E-state index contributed by atoms with van der Waals surface area (Å²) < 4.78 is 42.0. The van der Waals surface area contributed by atoms with Gasteiger partial charge >= 0.3 is 0 Å². The first-order valence-electron chi connectivity index (χ1n) is 8.82. The maximum absolute atomic E-state index is 13.1. The molecule has 0 aliphatic heterocycles. The lowest BCUT2D eigenvalue weighted by Gasteiger charge is -2.06. The van der Waals surface area contributed by atoms with E-state index in [0.717, 1.165) is 24.8 Å². The zero-order valence-corrected chi connectivity index (χ0v) is 16.8. The highest BCUT2D eigenvalue weighted by Crippen LogP contribution is 2.19. The summed E-state index contributed by atoms with van der Waals surface area (Å²) in [5.74, 6) is -0.477. The van der Waals surface area contributed by atoms with Crippen molar-refractivity contribution in [2.75, 3.05) is 4.72 Å². The Morgan fingerprint density at radius 3 is 2.61 bits per heavy atom. The molecule has 0 fully saturated rings. The van der Waals surface area contributed by atoms with Gasteiger partial charge in [-0.1, -0.05) is 43.1 Å². The van der Waals surface area contributed by atoms with E-state index in [1.165, 1.54) is 23.1 Å². The molecular weight excluding hydrogens is 403 g/mol. The number of hydrogen-bond acceptors (Lipinski definition) is 4. The quantitative estimate of drug-likeness (QED) is 0.588. The average molecular weight is 423 g/mol. The van der Waals surface area contributed by atoms with E-state index in [9.17, 15) is 12.8 Å². The SMILES string of the molecule is CCCCc1ccc(S(=O)(=O)Nc2ncn(Cc3ccc(F)cc3Cl)n2)cc1. The Labute approximate surface area is 168 Å². The second kappa shape index (κ2) is 8.70. The molecule has 3 rings (SSSR count). The molecule has 9 heteroatoms. The van der Waals surface area contributed by atoms with Crippen LogP contribution in [0.2, 0.25) is 5.02 Å². The summed E-state index contributed by atoms with van der Waals surface area (Å²) in [6, 6.07) is 10.8. The standard InChI is InChI=1S/C19H20ClFN4O2S/c1-2-3-4-14-5-9-17(10-6-14)28(26,27)24-19-22-13-25(23-19)12-15-7-8-16(21)11-18(15)20/h5-11,13H,2-4,12H2,1H3,(H,23,24). The Morgan fingerprint density at radius 2 is 1.93 bits per heavy atom. The molecule has 0 amide bonds. The molecule has 0 radical (unpaired) electrons. The van der Waals surface area contributed by atoms with Gasteiger partial charge in [0.2, 0.25) is 0 Å². The number of nitrogens with one attached hydrogen (secondary N) is 1. The van der Waals surface area contributed by atoms with Crippen LogP contribution in [0.5, 0.6) is 0 Å². The topological polar surface area (TPSA) is 76.9 Å². The van der Waals surface area contributed by atoms with Gasteiger partial charge in [0.15, 0.2) is 0 Å².